The highest BCUT2D eigenvalue weighted by Crippen LogP contribution is 2.01. The van der Waals surface area contributed by atoms with Gasteiger partial charge in [0.05, 0.1) is 6.04 Å². The molecule has 0 aromatic heterocycles. The van der Waals surface area contributed by atoms with Crippen molar-refractivity contribution < 1.29 is 14.7 Å². The summed E-state index contributed by atoms with van der Waals surface area (Å²) in [6.45, 7) is 4.29. The third-order valence-corrected chi connectivity index (χ3v) is 1.38. The number of hydrogen-bond acceptors (Lipinski definition) is 3. The lowest BCUT2D eigenvalue weighted by Gasteiger charge is -2.21. The van der Waals surface area contributed by atoms with E-state index in [2.05, 4.69) is 5.32 Å². The topological polar surface area (TPSA) is 92.4 Å². The summed E-state index contributed by atoms with van der Waals surface area (Å²) in [7, 11) is 0. The summed E-state index contributed by atoms with van der Waals surface area (Å²) in [5.41, 5.74) is 3.98. The number of hydrogen-bond donors (Lipinski definition) is 3. The molecule has 70 valence electrons. The molecule has 5 heteroatoms. The Morgan fingerprint density at radius 2 is 1.92 bits per heavy atom. The van der Waals surface area contributed by atoms with Gasteiger partial charge in [0.2, 0.25) is 5.91 Å². The lowest BCUT2D eigenvalue weighted by molar-refractivity contribution is -0.146. The van der Waals surface area contributed by atoms with Gasteiger partial charge in [0, 0.05) is 0 Å². The van der Waals surface area contributed by atoms with Gasteiger partial charge in [0.15, 0.2) is 0 Å². The highest BCUT2D eigenvalue weighted by molar-refractivity contribution is 5.88. The largest absolute Gasteiger partial charge is 0.480 e. The summed E-state index contributed by atoms with van der Waals surface area (Å²) in [4.78, 5) is 21.5. The lowest BCUT2D eigenvalue weighted by atomic mass is 10.1. The predicted octanol–water partition coefficient (Wildman–Crippen LogP) is -0.687. The minimum Gasteiger partial charge on any atom is -0.480 e. The maximum absolute atomic E-state index is 11.0. The Hall–Kier alpha value is -1.10. The molecule has 0 aromatic carbocycles. The molecule has 0 aliphatic rings. The smallest absolute Gasteiger partial charge is 0.328 e. The SMILES string of the molecule is C[C@H](N)C(=O)NC(C)(C)C(=O)O. The van der Waals surface area contributed by atoms with Crippen LogP contribution in [0.4, 0.5) is 0 Å². The third-order valence-electron chi connectivity index (χ3n) is 1.38. The molecule has 0 spiro atoms. The second-order valence-corrected chi connectivity index (χ2v) is 3.21. The summed E-state index contributed by atoms with van der Waals surface area (Å²) in [5.74, 6) is -1.56. The van der Waals surface area contributed by atoms with Gasteiger partial charge >= 0.3 is 5.97 Å². The average Bonchev–Trinajstić information content (AvgIpc) is 1.85. The Kier molecular flexibility index (Phi) is 3.21. The van der Waals surface area contributed by atoms with Gasteiger partial charge in [-0.25, -0.2) is 4.79 Å². The van der Waals surface area contributed by atoms with Crippen LogP contribution in [0.1, 0.15) is 20.8 Å². The summed E-state index contributed by atoms with van der Waals surface area (Å²) < 4.78 is 0. The third kappa shape index (κ3) is 2.87. The fourth-order valence-corrected chi connectivity index (χ4v) is 0.475. The summed E-state index contributed by atoms with van der Waals surface area (Å²) in [6.07, 6.45) is 0. The number of carboxylic acids is 1. The van der Waals surface area contributed by atoms with Crippen molar-refractivity contribution in [2.45, 2.75) is 32.4 Å². The van der Waals surface area contributed by atoms with Crippen LogP contribution in [0.3, 0.4) is 0 Å². The molecule has 1 atom stereocenters. The predicted molar refractivity (Wildman–Crippen MR) is 43.5 cm³/mol. The molecule has 0 aliphatic carbocycles. The van der Waals surface area contributed by atoms with Gasteiger partial charge in [-0.1, -0.05) is 0 Å². The van der Waals surface area contributed by atoms with Crippen LogP contribution in [0.15, 0.2) is 0 Å². The van der Waals surface area contributed by atoms with E-state index < -0.39 is 23.5 Å². The molecule has 1 amide bonds. The van der Waals surface area contributed by atoms with Crippen LogP contribution in [0.5, 0.6) is 0 Å². The van der Waals surface area contributed by atoms with Gasteiger partial charge in [0.25, 0.3) is 0 Å². The molecular weight excluding hydrogens is 160 g/mol. The summed E-state index contributed by atoms with van der Waals surface area (Å²) in [5, 5.41) is 10.9. The van der Waals surface area contributed by atoms with Crippen molar-refractivity contribution in [3.05, 3.63) is 0 Å². The first-order valence-electron chi connectivity index (χ1n) is 3.58. The van der Waals surface area contributed by atoms with Crippen molar-refractivity contribution in [1.29, 1.82) is 0 Å². The Balaban J connectivity index is 4.25. The molecule has 0 aromatic rings. The van der Waals surface area contributed by atoms with Crippen LogP contribution in [0.2, 0.25) is 0 Å². The highest BCUT2D eigenvalue weighted by atomic mass is 16.4. The second-order valence-electron chi connectivity index (χ2n) is 3.21. The molecule has 0 saturated carbocycles. The van der Waals surface area contributed by atoms with Crippen molar-refractivity contribution in [3.8, 4) is 0 Å². The zero-order valence-corrected chi connectivity index (χ0v) is 7.42. The fourth-order valence-electron chi connectivity index (χ4n) is 0.475. The van der Waals surface area contributed by atoms with Crippen LogP contribution in [-0.2, 0) is 9.59 Å². The molecule has 5 nitrogen and oxygen atoms in total. The molecule has 0 rings (SSSR count). The van der Waals surface area contributed by atoms with E-state index in [9.17, 15) is 9.59 Å². The van der Waals surface area contributed by atoms with Gasteiger partial charge in [0.1, 0.15) is 5.54 Å². The molecule has 12 heavy (non-hydrogen) atoms. The molecular formula is C7H14N2O3. The molecule has 0 fully saturated rings. The number of rotatable bonds is 3. The van der Waals surface area contributed by atoms with Gasteiger partial charge in [-0.05, 0) is 20.8 Å². The monoisotopic (exact) mass is 174 g/mol. The van der Waals surface area contributed by atoms with Gasteiger partial charge in [-0.2, -0.15) is 0 Å². The van der Waals surface area contributed by atoms with E-state index in [1.165, 1.54) is 20.8 Å². The molecule has 0 aliphatic heterocycles. The number of nitrogens with one attached hydrogen (secondary N) is 1. The van der Waals surface area contributed by atoms with Crippen LogP contribution < -0.4 is 11.1 Å². The number of nitrogens with two attached hydrogens (primary N) is 1. The highest BCUT2D eigenvalue weighted by Gasteiger charge is 2.29. The molecule has 0 heterocycles. The van der Waals surface area contributed by atoms with E-state index in [4.69, 9.17) is 10.8 Å². The van der Waals surface area contributed by atoms with Crippen molar-refractivity contribution in [1.82, 2.24) is 5.32 Å². The van der Waals surface area contributed by atoms with Crippen LogP contribution in [0, 0.1) is 0 Å². The maximum atomic E-state index is 11.0. The fraction of sp³-hybridized carbons (Fsp3) is 0.714. The zero-order chi connectivity index (χ0) is 9.94. The number of carbonyl (C=O) groups is 2. The van der Waals surface area contributed by atoms with Crippen LogP contribution in [-0.4, -0.2) is 28.6 Å². The standard InChI is InChI=1S/C7H14N2O3/c1-4(8)5(10)9-7(2,3)6(11)12/h4H,8H2,1-3H3,(H,9,10)(H,11,12)/t4-/m0/s1. The van der Waals surface area contributed by atoms with Crippen molar-refractivity contribution in [2.75, 3.05) is 0 Å². The van der Waals surface area contributed by atoms with Crippen molar-refractivity contribution >= 4 is 11.9 Å². The minimum atomic E-state index is -1.26. The Bertz CT molecular complexity index is 199. The molecule has 0 radical (unpaired) electrons. The van der Waals surface area contributed by atoms with Gasteiger partial charge in [-0.3, -0.25) is 4.79 Å². The molecule has 0 bridgehead atoms. The van der Waals surface area contributed by atoms with E-state index in [1.54, 1.807) is 0 Å². The minimum absolute atomic E-state index is 0.470. The van der Waals surface area contributed by atoms with E-state index in [0.29, 0.717) is 0 Å². The normalized spacial score (nSPS) is 13.7. The number of amides is 1. The average molecular weight is 174 g/mol. The van der Waals surface area contributed by atoms with E-state index >= 15 is 0 Å². The first-order chi connectivity index (χ1) is 5.27. The second kappa shape index (κ2) is 3.53. The Morgan fingerprint density at radius 1 is 1.50 bits per heavy atom. The quantitative estimate of drug-likeness (QED) is 0.528. The van der Waals surface area contributed by atoms with Crippen LogP contribution in [0.25, 0.3) is 0 Å². The molecule has 0 unspecified atom stereocenters. The van der Waals surface area contributed by atoms with E-state index in [-0.39, 0.29) is 0 Å². The zero-order valence-electron chi connectivity index (χ0n) is 7.42. The lowest BCUT2D eigenvalue weighted by Crippen LogP contribution is -2.53. The summed E-state index contributed by atoms with van der Waals surface area (Å²) in [6, 6.07) is -0.691. The van der Waals surface area contributed by atoms with Crippen molar-refractivity contribution in [2.24, 2.45) is 5.73 Å². The van der Waals surface area contributed by atoms with Crippen molar-refractivity contribution in [3.63, 3.8) is 0 Å². The van der Waals surface area contributed by atoms with E-state index in [1.807, 2.05) is 0 Å². The Morgan fingerprint density at radius 3 is 2.17 bits per heavy atom. The molecule has 4 N–H and O–H groups in total. The number of carboxylic acid groups (broad SMARTS) is 1. The summed E-state index contributed by atoms with van der Waals surface area (Å²) >= 11 is 0. The van der Waals surface area contributed by atoms with E-state index in [0.717, 1.165) is 0 Å². The first kappa shape index (κ1) is 10.9. The first-order valence-corrected chi connectivity index (χ1v) is 3.58. The number of carbonyl (C=O) groups excluding carboxylic acids is 1. The molecule has 0 saturated heterocycles. The van der Waals surface area contributed by atoms with Gasteiger partial charge in [-0.15, -0.1) is 0 Å². The van der Waals surface area contributed by atoms with Crippen LogP contribution >= 0.6 is 0 Å². The number of aliphatic carboxylic acids is 1. The maximum Gasteiger partial charge on any atom is 0.328 e. The Labute approximate surface area is 70.9 Å². The van der Waals surface area contributed by atoms with Gasteiger partial charge < -0.3 is 16.2 Å².